The molecule has 1 N–H and O–H groups in total. The third kappa shape index (κ3) is 1.97. The fourth-order valence-corrected chi connectivity index (χ4v) is 2.73. The number of hydrogen-bond donors (Lipinski definition) is 1. The second-order valence-electron chi connectivity index (χ2n) is 5.50. The second-order valence-corrected chi connectivity index (χ2v) is 5.50. The lowest BCUT2D eigenvalue weighted by Gasteiger charge is -2.46. The molecule has 2 fully saturated rings. The van der Waals surface area contributed by atoms with E-state index >= 15 is 0 Å². The number of β-amino-alcohol motifs (C(OH)–C–C–N with tert-alkyl or cyclic N) is 1. The van der Waals surface area contributed by atoms with Crippen LogP contribution in [0.1, 0.15) is 18.7 Å². The van der Waals surface area contributed by atoms with E-state index in [1.807, 2.05) is 0 Å². The molecule has 4 rings (SSSR count). The highest BCUT2D eigenvalue weighted by Crippen LogP contribution is 2.44. The average Bonchev–Trinajstić information content (AvgIpc) is 2.89. The van der Waals surface area contributed by atoms with Crippen molar-refractivity contribution in [2.45, 2.75) is 25.0 Å². The van der Waals surface area contributed by atoms with Gasteiger partial charge in [0.1, 0.15) is 0 Å². The summed E-state index contributed by atoms with van der Waals surface area (Å²) in [6.45, 7) is 2.00. The number of nitrogens with zero attached hydrogens (tertiary/aromatic N) is 3. The zero-order valence-electron chi connectivity index (χ0n) is 10.5. The Morgan fingerprint density at radius 3 is 2.89 bits per heavy atom. The van der Waals surface area contributed by atoms with Crippen LogP contribution in [0.15, 0.2) is 27.2 Å². The van der Waals surface area contributed by atoms with Crippen molar-refractivity contribution < 1.29 is 13.9 Å². The van der Waals surface area contributed by atoms with Crippen LogP contribution in [0.4, 0.5) is 0 Å². The predicted octanol–water partition coefficient (Wildman–Crippen LogP) is 1.29. The summed E-state index contributed by atoms with van der Waals surface area (Å²) >= 11 is 0. The molecule has 2 aromatic heterocycles. The monoisotopic (exact) mass is 261 g/mol. The molecule has 0 amide bonds. The number of hydrogen-bond acceptors (Lipinski definition) is 6. The van der Waals surface area contributed by atoms with Gasteiger partial charge in [0, 0.05) is 13.1 Å². The smallest absolute Gasteiger partial charge is 0.283 e. The zero-order valence-corrected chi connectivity index (χ0v) is 10.5. The van der Waals surface area contributed by atoms with Gasteiger partial charge in [-0.2, -0.15) is 0 Å². The molecule has 0 aromatic carbocycles. The van der Waals surface area contributed by atoms with Gasteiger partial charge in [-0.1, -0.05) is 0 Å². The van der Waals surface area contributed by atoms with Gasteiger partial charge in [-0.25, -0.2) is 0 Å². The van der Waals surface area contributed by atoms with Gasteiger partial charge in [0.15, 0.2) is 5.76 Å². The fraction of sp³-hybridized carbons (Fsp3) is 0.538. The van der Waals surface area contributed by atoms with E-state index in [0.717, 1.165) is 12.8 Å². The Bertz CT molecular complexity index is 568. The lowest BCUT2D eigenvalue weighted by Crippen LogP contribution is -2.62. The molecule has 0 radical (unpaired) electrons. The first-order chi connectivity index (χ1) is 9.23. The molecule has 1 aliphatic carbocycles. The van der Waals surface area contributed by atoms with Crippen LogP contribution in [0.3, 0.4) is 0 Å². The fourth-order valence-electron chi connectivity index (χ4n) is 2.73. The Morgan fingerprint density at radius 2 is 2.21 bits per heavy atom. The van der Waals surface area contributed by atoms with Crippen molar-refractivity contribution in [1.29, 1.82) is 0 Å². The molecular weight excluding hydrogens is 246 g/mol. The van der Waals surface area contributed by atoms with Crippen LogP contribution in [0.5, 0.6) is 0 Å². The Morgan fingerprint density at radius 1 is 1.37 bits per heavy atom. The third-order valence-electron chi connectivity index (χ3n) is 3.89. The highest BCUT2D eigenvalue weighted by atomic mass is 16.4. The summed E-state index contributed by atoms with van der Waals surface area (Å²) in [7, 11) is 0. The molecule has 0 unspecified atom stereocenters. The number of aromatic nitrogens is 2. The van der Waals surface area contributed by atoms with Crippen LogP contribution in [-0.4, -0.2) is 38.9 Å². The van der Waals surface area contributed by atoms with E-state index in [1.165, 1.54) is 0 Å². The Labute approximate surface area is 110 Å². The molecule has 2 aliphatic rings. The molecule has 1 saturated carbocycles. The molecule has 2 aromatic rings. The molecule has 1 saturated heterocycles. The maximum atomic E-state index is 10.2. The summed E-state index contributed by atoms with van der Waals surface area (Å²) in [4.78, 5) is 2.12. The van der Waals surface area contributed by atoms with Gasteiger partial charge in [0.05, 0.1) is 18.4 Å². The van der Waals surface area contributed by atoms with Gasteiger partial charge in [-0.15, -0.1) is 10.2 Å². The van der Waals surface area contributed by atoms with Crippen LogP contribution >= 0.6 is 0 Å². The average molecular weight is 261 g/mol. The van der Waals surface area contributed by atoms with Gasteiger partial charge in [-0.3, -0.25) is 4.90 Å². The summed E-state index contributed by atoms with van der Waals surface area (Å²) in [6, 6.07) is 3.57. The molecule has 0 bridgehead atoms. The minimum absolute atomic E-state index is 0.401. The maximum absolute atomic E-state index is 10.2. The topological polar surface area (TPSA) is 75.5 Å². The lowest BCUT2D eigenvalue weighted by atomic mass is 9.89. The van der Waals surface area contributed by atoms with Crippen LogP contribution in [-0.2, 0) is 6.54 Å². The third-order valence-corrected chi connectivity index (χ3v) is 3.89. The van der Waals surface area contributed by atoms with Gasteiger partial charge in [-0.05, 0) is 30.9 Å². The van der Waals surface area contributed by atoms with Crippen molar-refractivity contribution in [3.63, 3.8) is 0 Å². The molecule has 19 heavy (non-hydrogen) atoms. The lowest BCUT2D eigenvalue weighted by molar-refractivity contribution is -0.118. The first-order valence-electron chi connectivity index (χ1n) is 6.54. The summed E-state index contributed by atoms with van der Waals surface area (Å²) < 4.78 is 10.7. The highest BCUT2D eigenvalue weighted by molar-refractivity contribution is 5.42. The molecule has 0 atom stereocenters. The number of furan rings is 1. The van der Waals surface area contributed by atoms with Gasteiger partial charge in [0.2, 0.25) is 5.89 Å². The normalized spacial score (nSPS) is 22.4. The van der Waals surface area contributed by atoms with E-state index in [1.54, 1.807) is 18.4 Å². The first kappa shape index (κ1) is 11.2. The van der Waals surface area contributed by atoms with E-state index < -0.39 is 5.60 Å². The number of aliphatic hydroxyl groups is 1. The molecule has 100 valence electrons. The predicted molar refractivity (Wildman–Crippen MR) is 65.0 cm³/mol. The molecular formula is C13H15N3O3. The molecule has 6 heteroatoms. The van der Waals surface area contributed by atoms with Gasteiger partial charge in [0.25, 0.3) is 5.89 Å². The summed E-state index contributed by atoms with van der Waals surface area (Å²) in [5, 5.41) is 18.2. The molecule has 1 aliphatic heterocycles. The Balaban J connectivity index is 1.39. The van der Waals surface area contributed by atoms with Crippen LogP contribution in [0.25, 0.3) is 11.7 Å². The first-order valence-corrected chi connectivity index (χ1v) is 6.54. The molecule has 0 spiro atoms. The molecule has 3 heterocycles. The Kier molecular flexibility index (Phi) is 2.31. The van der Waals surface area contributed by atoms with Crippen molar-refractivity contribution in [2.24, 2.45) is 5.92 Å². The highest BCUT2D eigenvalue weighted by Gasteiger charge is 2.51. The summed E-state index contributed by atoms with van der Waals surface area (Å²) in [6.07, 6.45) is 3.89. The minimum atomic E-state index is -0.468. The van der Waals surface area contributed by atoms with E-state index in [2.05, 4.69) is 15.1 Å². The standard InChI is InChI=1S/C13H15N3O3/c17-13(9-3-4-9)7-16(8-13)6-11-14-15-12(19-11)10-2-1-5-18-10/h1-2,5,9,17H,3-4,6-8H2. The quantitative estimate of drug-likeness (QED) is 0.893. The maximum Gasteiger partial charge on any atom is 0.283 e. The van der Waals surface area contributed by atoms with E-state index in [9.17, 15) is 5.11 Å². The number of rotatable bonds is 4. The van der Waals surface area contributed by atoms with Gasteiger partial charge >= 0.3 is 0 Å². The van der Waals surface area contributed by atoms with Crippen molar-refractivity contribution >= 4 is 0 Å². The van der Waals surface area contributed by atoms with Crippen molar-refractivity contribution in [3.8, 4) is 11.7 Å². The van der Waals surface area contributed by atoms with Crippen molar-refractivity contribution in [3.05, 3.63) is 24.3 Å². The SMILES string of the molecule is OC1(C2CC2)CN(Cc2nnc(-c3ccco3)o2)C1. The van der Waals surface area contributed by atoms with E-state index in [0.29, 0.717) is 43.1 Å². The van der Waals surface area contributed by atoms with Crippen LogP contribution in [0, 0.1) is 5.92 Å². The van der Waals surface area contributed by atoms with E-state index in [4.69, 9.17) is 8.83 Å². The Hall–Kier alpha value is -1.66. The second kappa shape index (κ2) is 3.91. The van der Waals surface area contributed by atoms with Crippen LogP contribution < -0.4 is 0 Å². The largest absolute Gasteiger partial charge is 0.459 e. The summed E-state index contributed by atoms with van der Waals surface area (Å²) in [5.41, 5.74) is -0.468. The van der Waals surface area contributed by atoms with Crippen molar-refractivity contribution in [2.75, 3.05) is 13.1 Å². The van der Waals surface area contributed by atoms with Crippen LogP contribution in [0.2, 0.25) is 0 Å². The molecule has 6 nitrogen and oxygen atoms in total. The number of likely N-dealkylation sites (tertiary alicyclic amines) is 1. The summed E-state index contributed by atoms with van der Waals surface area (Å²) in [5.74, 6) is 2.05. The van der Waals surface area contributed by atoms with Gasteiger partial charge < -0.3 is 13.9 Å². The van der Waals surface area contributed by atoms with Crippen molar-refractivity contribution in [1.82, 2.24) is 15.1 Å². The minimum Gasteiger partial charge on any atom is -0.459 e. The zero-order chi connectivity index (χ0) is 12.9. The van der Waals surface area contributed by atoms with E-state index in [-0.39, 0.29) is 0 Å².